The molecular formula is C24H21N5O2. The van der Waals surface area contributed by atoms with Gasteiger partial charge in [-0.25, -0.2) is 4.79 Å². The van der Waals surface area contributed by atoms with Crippen LogP contribution in [0.2, 0.25) is 0 Å². The molecule has 0 amide bonds. The summed E-state index contributed by atoms with van der Waals surface area (Å²) < 4.78 is 1.82. The summed E-state index contributed by atoms with van der Waals surface area (Å²) in [6.45, 7) is 2.96. The Morgan fingerprint density at radius 2 is 1.87 bits per heavy atom. The van der Waals surface area contributed by atoms with Crippen LogP contribution in [0.5, 0.6) is 0 Å². The van der Waals surface area contributed by atoms with Gasteiger partial charge < -0.3 is 15.0 Å². The molecule has 0 atom stereocenters. The fourth-order valence-electron chi connectivity index (χ4n) is 4.13. The molecule has 0 spiro atoms. The van der Waals surface area contributed by atoms with Crippen molar-refractivity contribution < 1.29 is 9.90 Å². The fraction of sp³-hybridized carbons (Fsp3) is 0.125. The quantitative estimate of drug-likeness (QED) is 0.426. The van der Waals surface area contributed by atoms with Crippen molar-refractivity contribution in [2.45, 2.75) is 6.92 Å². The third-order valence-corrected chi connectivity index (χ3v) is 5.52. The van der Waals surface area contributed by atoms with Crippen LogP contribution in [0.15, 0.2) is 66.9 Å². The number of carboxylic acids is 1. The van der Waals surface area contributed by atoms with E-state index in [2.05, 4.69) is 52.1 Å². The van der Waals surface area contributed by atoms with Crippen LogP contribution in [-0.2, 0) is 7.05 Å². The number of carboxylic acid groups (broad SMARTS) is 1. The van der Waals surface area contributed by atoms with E-state index < -0.39 is 5.97 Å². The zero-order chi connectivity index (χ0) is 21.5. The molecule has 0 aliphatic heterocycles. The van der Waals surface area contributed by atoms with E-state index in [0.717, 1.165) is 40.2 Å². The van der Waals surface area contributed by atoms with Gasteiger partial charge in [-0.05, 0) is 49.4 Å². The molecule has 2 aromatic carbocycles. The van der Waals surface area contributed by atoms with E-state index in [-0.39, 0.29) is 5.56 Å². The lowest BCUT2D eigenvalue weighted by molar-refractivity contribution is 0.0698. The number of hydrogen-bond donors (Lipinski definition) is 2. The molecule has 7 heteroatoms. The van der Waals surface area contributed by atoms with Crippen LogP contribution in [0.25, 0.3) is 33.3 Å². The van der Waals surface area contributed by atoms with Crippen LogP contribution in [0, 0.1) is 0 Å². The van der Waals surface area contributed by atoms with Crippen molar-refractivity contribution >= 4 is 39.3 Å². The number of para-hydroxylation sites is 1. The second kappa shape index (κ2) is 7.28. The predicted octanol–water partition coefficient (Wildman–Crippen LogP) is 4.97. The average molecular weight is 411 g/mol. The maximum absolute atomic E-state index is 11.6. The van der Waals surface area contributed by atoms with Crippen LogP contribution in [0.1, 0.15) is 17.3 Å². The van der Waals surface area contributed by atoms with Crippen molar-refractivity contribution in [3.05, 3.63) is 72.4 Å². The maximum atomic E-state index is 11.6. The van der Waals surface area contributed by atoms with Crippen molar-refractivity contribution in [1.82, 2.24) is 19.7 Å². The van der Waals surface area contributed by atoms with Gasteiger partial charge in [0, 0.05) is 36.6 Å². The Morgan fingerprint density at radius 3 is 2.61 bits per heavy atom. The van der Waals surface area contributed by atoms with Crippen molar-refractivity contribution in [3.63, 3.8) is 0 Å². The van der Waals surface area contributed by atoms with Gasteiger partial charge in [-0.1, -0.05) is 18.2 Å². The zero-order valence-electron chi connectivity index (χ0n) is 17.2. The lowest BCUT2D eigenvalue weighted by atomic mass is 10.1. The molecule has 0 saturated carbocycles. The highest BCUT2D eigenvalue weighted by Crippen LogP contribution is 2.34. The Labute approximate surface area is 178 Å². The van der Waals surface area contributed by atoms with E-state index in [9.17, 15) is 9.90 Å². The number of aromatic carboxylic acids is 1. The molecule has 0 aliphatic carbocycles. The van der Waals surface area contributed by atoms with Crippen LogP contribution in [0.4, 0.5) is 11.4 Å². The maximum Gasteiger partial charge on any atom is 0.337 e. The molecule has 3 aromatic heterocycles. The number of nitrogens with one attached hydrogen (secondary N) is 1. The molecule has 0 saturated heterocycles. The largest absolute Gasteiger partial charge is 0.478 e. The Kier molecular flexibility index (Phi) is 4.43. The van der Waals surface area contributed by atoms with E-state index in [1.807, 2.05) is 36.0 Å². The fourth-order valence-corrected chi connectivity index (χ4v) is 4.13. The highest BCUT2D eigenvalue weighted by Gasteiger charge is 2.18. The number of anilines is 2. The molecule has 154 valence electrons. The third kappa shape index (κ3) is 3.11. The van der Waals surface area contributed by atoms with Crippen LogP contribution < -0.4 is 4.90 Å². The van der Waals surface area contributed by atoms with Gasteiger partial charge >= 0.3 is 5.97 Å². The Bertz CT molecular complexity index is 1420. The van der Waals surface area contributed by atoms with Crippen molar-refractivity contribution in [3.8, 4) is 11.4 Å². The van der Waals surface area contributed by atoms with E-state index in [1.165, 1.54) is 12.3 Å². The Morgan fingerprint density at radius 1 is 1.06 bits per heavy atom. The number of aromatic amines is 1. The third-order valence-electron chi connectivity index (χ3n) is 5.52. The molecule has 0 aliphatic rings. The number of aromatic nitrogens is 4. The van der Waals surface area contributed by atoms with E-state index in [0.29, 0.717) is 11.0 Å². The van der Waals surface area contributed by atoms with E-state index in [4.69, 9.17) is 5.10 Å². The molecule has 5 rings (SSSR count). The molecule has 2 N–H and O–H groups in total. The molecule has 7 nitrogen and oxygen atoms in total. The van der Waals surface area contributed by atoms with Gasteiger partial charge in [-0.3, -0.25) is 9.67 Å². The van der Waals surface area contributed by atoms with Gasteiger partial charge in [-0.2, -0.15) is 5.10 Å². The standard InChI is InChI=1S/C24H21N5O2/c1-3-29(15-7-5-4-6-8-15)16-9-10-17-19(13-16)27-28(2)23(17)21-14-20-22(26-21)18(24(30)31)11-12-25-20/h4-14,26H,3H2,1-2H3,(H,30,31). The number of hydrogen-bond acceptors (Lipinski definition) is 4. The summed E-state index contributed by atoms with van der Waals surface area (Å²) in [7, 11) is 1.89. The summed E-state index contributed by atoms with van der Waals surface area (Å²) in [6.07, 6.45) is 1.51. The number of rotatable bonds is 5. The first-order valence-corrected chi connectivity index (χ1v) is 10.1. The van der Waals surface area contributed by atoms with Gasteiger partial charge in [-0.15, -0.1) is 0 Å². The van der Waals surface area contributed by atoms with Gasteiger partial charge in [0.15, 0.2) is 0 Å². The number of fused-ring (bicyclic) bond motifs is 2. The summed E-state index contributed by atoms with van der Waals surface area (Å²) in [5, 5.41) is 15.2. The molecule has 5 aromatic rings. The minimum atomic E-state index is -0.985. The topological polar surface area (TPSA) is 87.0 Å². The van der Waals surface area contributed by atoms with E-state index in [1.54, 1.807) is 0 Å². The summed E-state index contributed by atoms with van der Waals surface area (Å²) in [5.74, 6) is -0.985. The molecule has 0 bridgehead atoms. The number of nitrogens with zero attached hydrogens (tertiary/aromatic N) is 4. The predicted molar refractivity (Wildman–Crippen MR) is 122 cm³/mol. The first-order chi connectivity index (χ1) is 15.1. The van der Waals surface area contributed by atoms with E-state index >= 15 is 0 Å². The average Bonchev–Trinajstić information content (AvgIpc) is 3.34. The SMILES string of the molecule is CCN(c1ccccc1)c1ccc2c(-c3cc4nccc(C(=O)O)c4[nH]3)n(C)nc2c1. The first kappa shape index (κ1) is 18.9. The van der Waals surface area contributed by atoms with Crippen LogP contribution >= 0.6 is 0 Å². The highest BCUT2D eigenvalue weighted by molar-refractivity contribution is 6.03. The van der Waals surface area contributed by atoms with Crippen LogP contribution in [0.3, 0.4) is 0 Å². The number of carbonyl (C=O) groups is 1. The summed E-state index contributed by atoms with van der Waals surface area (Å²) in [6, 6.07) is 19.9. The van der Waals surface area contributed by atoms with Gasteiger partial charge in [0.05, 0.1) is 33.5 Å². The molecule has 0 fully saturated rings. The number of H-pyrrole nitrogens is 1. The minimum Gasteiger partial charge on any atom is -0.478 e. The highest BCUT2D eigenvalue weighted by atomic mass is 16.4. The lowest BCUT2D eigenvalue weighted by Crippen LogP contribution is -2.15. The monoisotopic (exact) mass is 411 g/mol. The van der Waals surface area contributed by atoms with Crippen LogP contribution in [-0.4, -0.2) is 37.4 Å². The molecule has 31 heavy (non-hydrogen) atoms. The number of pyridine rings is 1. The Balaban J connectivity index is 1.63. The van der Waals surface area contributed by atoms with Crippen molar-refractivity contribution in [1.29, 1.82) is 0 Å². The van der Waals surface area contributed by atoms with Crippen molar-refractivity contribution in [2.75, 3.05) is 11.4 Å². The number of aryl methyl sites for hydroxylation is 1. The normalized spacial score (nSPS) is 11.3. The summed E-state index contributed by atoms with van der Waals surface area (Å²) >= 11 is 0. The summed E-state index contributed by atoms with van der Waals surface area (Å²) in [4.78, 5) is 21.4. The lowest BCUT2D eigenvalue weighted by Gasteiger charge is -2.23. The molecule has 0 unspecified atom stereocenters. The molecular weight excluding hydrogens is 390 g/mol. The second-order valence-corrected chi connectivity index (χ2v) is 7.36. The van der Waals surface area contributed by atoms with Gasteiger partial charge in [0.25, 0.3) is 0 Å². The molecule has 3 heterocycles. The van der Waals surface area contributed by atoms with Gasteiger partial charge in [0.1, 0.15) is 0 Å². The summed E-state index contributed by atoms with van der Waals surface area (Å²) in [5.41, 5.74) is 6.06. The first-order valence-electron chi connectivity index (χ1n) is 10.1. The Hall–Kier alpha value is -4.13. The smallest absolute Gasteiger partial charge is 0.337 e. The second-order valence-electron chi connectivity index (χ2n) is 7.36. The van der Waals surface area contributed by atoms with Crippen molar-refractivity contribution in [2.24, 2.45) is 7.05 Å². The molecule has 0 radical (unpaired) electrons. The number of benzene rings is 2. The van der Waals surface area contributed by atoms with Gasteiger partial charge in [0.2, 0.25) is 0 Å². The minimum absolute atomic E-state index is 0.200. The zero-order valence-corrected chi connectivity index (χ0v) is 17.2.